The molecule has 0 N–H and O–H groups in total. The van der Waals surface area contributed by atoms with Crippen molar-refractivity contribution in [3.63, 3.8) is 0 Å². The summed E-state index contributed by atoms with van der Waals surface area (Å²) in [7, 11) is 0. The summed E-state index contributed by atoms with van der Waals surface area (Å²) in [6.45, 7) is 0. The fourth-order valence-electron chi connectivity index (χ4n) is 3.17. The van der Waals surface area contributed by atoms with Gasteiger partial charge in [0, 0.05) is 0 Å². The average molecular weight is 346 g/mol. The number of pyridine rings is 1. The van der Waals surface area contributed by atoms with Gasteiger partial charge in [-0.15, -0.1) is 0 Å². The van der Waals surface area contributed by atoms with E-state index in [1.807, 2.05) is 0 Å². The topological polar surface area (TPSA) is 12.9 Å². The summed E-state index contributed by atoms with van der Waals surface area (Å²) in [6.07, 6.45) is 2.11. The molecule has 22 heavy (non-hydrogen) atoms. The van der Waals surface area contributed by atoms with E-state index in [2.05, 4.69) is 78.1 Å². The van der Waals surface area contributed by atoms with Crippen molar-refractivity contribution < 1.29 is 0 Å². The number of nitrogens with zero attached hydrogens (tertiary/aromatic N) is 1. The van der Waals surface area contributed by atoms with Crippen molar-refractivity contribution in [1.82, 2.24) is 4.98 Å². The first-order valence-electron chi connectivity index (χ1n) is 7.75. The van der Waals surface area contributed by atoms with Gasteiger partial charge >= 0.3 is 133 Å². The summed E-state index contributed by atoms with van der Waals surface area (Å²) in [5.41, 5.74) is 1.13. The van der Waals surface area contributed by atoms with Crippen LogP contribution < -0.4 is 4.40 Å². The monoisotopic (exact) mass is 347 g/mol. The molecule has 0 atom stereocenters. The second-order valence-corrected chi connectivity index (χ2v) is 17.6. The standard InChI is InChI=1S/C20H19GeN/c1-21(2,3)14-12-19-17-10-5-4-8-15(17)16-9-6-7-11-18(16)20(19)22-13-14/h4-13H,1-3H3. The van der Waals surface area contributed by atoms with Crippen LogP contribution in [-0.2, 0) is 0 Å². The summed E-state index contributed by atoms with van der Waals surface area (Å²) >= 11 is -1.88. The van der Waals surface area contributed by atoms with Gasteiger partial charge in [0.25, 0.3) is 0 Å². The van der Waals surface area contributed by atoms with Gasteiger partial charge < -0.3 is 0 Å². The molecule has 0 aliphatic carbocycles. The Morgan fingerprint density at radius 1 is 0.682 bits per heavy atom. The van der Waals surface area contributed by atoms with Crippen LogP contribution in [0, 0.1) is 0 Å². The molecule has 1 aromatic heterocycles. The van der Waals surface area contributed by atoms with Crippen LogP contribution in [0.1, 0.15) is 0 Å². The van der Waals surface area contributed by atoms with Gasteiger partial charge in [-0.25, -0.2) is 0 Å². The third-order valence-corrected chi connectivity index (χ3v) is 8.65. The number of hydrogen-bond acceptors (Lipinski definition) is 1. The van der Waals surface area contributed by atoms with E-state index in [0.717, 1.165) is 5.52 Å². The zero-order valence-corrected chi connectivity index (χ0v) is 15.3. The van der Waals surface area contributed by atoms with Crippen LogP contribution in [0.3, 0.4) is 0 Å². The van der Waals surface area contributed by atoms with E-state index < -0.39 is 13.3 Å². The molecule has 0 unspecified atom stereocenters. The van der Waals surface area contributed by atoms with Crippen molar-refractivity contribution in [2.45, 2.75) is 17.3 Å². The number of benzene rings is 3. The second-order valence-electron chi connectivity index (χ2n) is 6.96. The second kappa shape index (κ2) is 4.82. The van der Waals surface area contributed by atoms with Crippen LogP contribution in [0.15, 0.2) is 60.8 Å². The SMILES string of the molecule is [CH3][Ge]([CH3])([CH3])[c]1cnc2c3ccccc3c3ccccc3c2c1. The molecule has 1 nitrogen and oxygen atoms in total. The molecule has 1 heterocycles. The third-order valence-electron chi connectivity index (χ3n) is 4.44. The molecule has 2 heteroatoms. The van der Waals surface area contributed by atoms with Crippen molar-refractivity contribution in [3.8, 4) is 0 Å². The molecule has 0 saturated carbocycles. The van der Waals surface area contributed by atoms with Crippen LogP contribution in [0.25, 0.3) is 32.4 Å². The molecule has 0 aliphatic heterocycles. The van der Waals surface area contributed by atoms with Gasteiger partial charge in [-0.2, -0.15) is 0 Å². The predicted octanol–water partition coefficient (Wildman–Crippen LogP) is 5.09. The van der Waals surface area contributed by atoms with Crippen LogP contribution in [0.4, 0.5) is 0 Å². The van der Waals surface area contributed by atoms with E-state index in [-0.39, 0.29) is 0 Å². The summed E-state index contributed by atoms with van der Waals surface area (Å²) in [6, 6.07) is 19.7. The van der Waals surface area contributed by atoms with Crippen LogP contribution in [0.5, 0.6) is 0 Å². The molecule has 108 valence electrons. The molecule has 4 aromatic rings. The van der Waals surface area contributed by atoms with Crippen molar-refractivity contribution in [2.24, 2.45) is 0 Å². The summed E-state index contributed by atoms with van der Waals surface area (Å²) < 4.78 is 1.47. The molecule has 0 aliphatic rings. The molecular weight excluding hydrogens is 327 g/mol. The van der Waals surface area contributed by atoms with Crippen molar-refractivity contribution >= 4 is 50.1 Å². The van der Waals surface area contributed by atoms with Gasteiger partial charge in [0.15, 0.2) is 0 Å². The maximum atomic E-state index is 4.87. The first kappa shape index (κ1) is 13.8. The summed E-state index contributed by atoms with van der Waals surface area (Å²) in [5.74, 6) is 7.27. The van der Waals surface area contributed by atoms with E-state index in [9.17, 15) is 0 Å². The predicted molar refractivity (Wildman–Crippen MR) is 99.7 cm³/mol. The van der Waals surface area contributed by atoms with Gasteiger partial charge in [-0.05, 0) is 0 Å². The molecule has 0 bridgehead atoms. The average Bonchev–Trinajstić information content (AvgIpc) is 2.54. The normalized spacial score (nSPS) is 12.3. The Morgan fingerprint density at radius 2 is 1.18 bits per heavy atom. The Balaban J connectivity index is 2.27. The fraction of sp³-hybridized carbons (Fsp3) is 0.150. The summed E-state index contributed by atoms with van der Waals surface area (Å²) in [5, 5.41) is 6.49. The van der Waals surface area contributed by atoms with Gasteiger partial charge in [0.05, 0.1) is 0 Å². The van der Waals surface area contributed by atoms with Gasteiger partial charge in [-0.1, -0.05) is 0 Å². The van der Waals surface area contributed by atoms with Crippen LogP contribution in [-0.4, -0.2) is 18.3 Å². The molecule has 0 radical (unpaired) electrons. The van der Waals surface area contributed by atoms with Gasteiger partial charge in [0.2, 0.25) is 0 Å². The van der Waals surface area contributed by atoms with E-state index >= 15 is 0 Å². The first-order chi connectivity index (χ1) is 10.6. The van der Waals surface area contributed by atoms with E-state index in [0.29, 0.717) is 0 Å². The molecular formula is C20H19GeN. The first-order valence-corrected chi connectivity index (χ1v) is 15.1. The van der Waals surface area contributed by atoms with Crippen molar-refractivity contribution in [3.05, 3.63) is 60.8 Å². The van der Waals surface area contributed by atoms with Crippen molar-refractivity contribution in [1.29, 1.82) is 0 Å². The Hall–Kier alpha value is -1.87. The maximum absolute atomic E-state index is 4.87. The van der Waals surface area contributed by atoms with Crippen LogP contribution in [0.2, 0.25) is 17.3 Å². The Morgan fingerprint density at radius 3 is 1.77 bits per heavy atom. The molecule has 3 aromatic carbocycles. The zero-order valence-electron chi connectivity index (χ0n) is 13.2. The Bertz CT molecular complexity index is 977. The Labute approximate surface area is 133 Å². The summed E-state index contributed by atoms with van der Waals surface area (Å²) in [4.78, 5) is 4.87. The molecule has 0 fully saturated rings. The van der Waals surface area contributed by atoms with Gasteiger partial charge in [-0.3, -0.25) is 0 Å². The quantitative estimate of drug-likeness (QED) is 0.346. The van der Waals surface area contributed by atoms with Crippen molar-refractivity contribution in [2.75, 3.05) is 0 Å². The minimum atomic E-state index is -1.88. The number of aromatic nitrogens is 1. The zero-order chi connectivity index (χ0) is 15.3. The number of fused-ring (bicyclic) bond motifs is 6. The molecule has 0 amide bonds. The number of rotatable bonds is 1. The molecule has 0 spiro atoms. The van der Waals surface area contributed by atoms with Gasteiger partial charge in [0.1, 0.15) is 0 Å². The van der Waals surface area contributed by atoms with E-state index in [1.165, 1.54) is 31.3 Å². The molecule has 4 rings (SSSR count). The van der Waals surface area contributed by atoms with E-state index in [1.54, 1.807) is 0 Å². The Kier molecular flexibility index (Phi) is 3.02. The minimum absolute atomic E-state index is 1.13. The molecule has 0 saturated heterocycles. The third kappa shape index (κ3) is 2.04. The van der Waals surface area contributed by atoms with Crippen LogP contribution >= 0.6 is 0 Å². The van der Waals surface area contributed by atoms with E-state index in [4.69, 9.17) is 4.98 Å². The number of hydrogen-bond donors (Lipinski definition) is 0. The fourth-order valence-corrected chi connectivity index (χ4v) is 5.33.